The van der Waals surface area contributed by atoms with Crippen molar-refractivity contribution in [3.63, 3.8) is 0 Å². The Morgan fingerprint density at radius 3 is 2.75 bits per heavy atom. The molecule has 0 aliphatic carbocycles. The predicted octanol–water partition coefficient (Wildman–Crippen LogP) is 3.68. The minimum atomic E-state index is -0.298. The zero-order chi connectivity index (χ0) is 16.8. The molecule has 4 nitrogen and oxygen atoms in total. The molecule has 3 aromatic carbocycles. The van der Waals surface area contributed by atoms with Gasteiger partial charge in [0.2, 0.25) is 0 Å². The number of rotatable bonds is 5. The lowest BCUT2D eigenvalue weighted by atomic mass is 10.1. The molecule has 3 aromatic rings. The van der Waals surface area contributed by atoms with E-state index in [1.54, 1.807) is 6.21 Å². The summed E-state index contributed by atoms with van der Waals surface area (Å²) < 4.78 is 5.44. The minimum absolute atomic E-state index is 0.0731. The molecule has 1 amide bonds. The fourth-order valence-corrected chi connectivity index (χ4v) is 2.42. The smallest absolute Gasteiger partial charge is 0.277 e. The van der Waals surface area contributed by atoms with Crippen LogP contribution in [-0.4, -0.2) is 18.7 Å². The summed E-state index contributed by atoms with van der Waals surface area (Å²) in [6.07, 6.45) is 1.65. The number of fused-ring (bicyclic) bond motifs is 1. The molecule has 24 heavy (non-hydrogen) atoms. The maximum Gasteiger partial charge on any atom is 0.277 e. The van der Waals surface area contributed by atoms with Gasteiger partial charge >= 0.3 is 0 Å². The second-order valence-corrected chi connectivity index (χ2v) is 5.47. The highest BCUT2D eigenvalue weighted by Gasteiger charge is 2.02. The van der Waals surface area contributed by atoms with Gasteiger partial charge in [-0.1, -0.05) is 54.6 Å². The van der Waals surface area contributed by atoms with Crippen molar-refractivity contribution >= 4 is 22.9 Å². The summed E-state index contributed by atoms with van der Waals surface area (Å²) >= 11 is 0. The summed E-state index contributed by atoms with van der Waals surface area (Å²) in [5, 5.41) is 6.24. The van der Waals surface area contributed by atoms with Gasteiger partial charge in [0, 0.05) is 5.56 Å². The molecule has 0 atom stereocenters. The molecule has 0 heterocycles. The Morgan fingerprint density at radius 2 is 1.88 bits per heavy atom. The van der Waals surface area contributed by atoms with E-state index >= 15 is 0 Å². The number of carbonyl (C=O) groups is 1. The van der Waals surface area contributed by atoms with Crippen molar-refractivity contribution in [3.05, 3.63) is 77.9 Å². The molecule has 0 aliphatic rings. The molecule has 0 radical (unpaired) electrons. The van der Waals surface area contributed by atoms with Crippen molar-refractivity contribution in [1.29, 1.82) is 0 Å². The van der Waals surface area contributed by atoms with E-state index in [0.717, 1.165) is 21.9 Å². The van der Waals surface area contributed by atoms with Gasteiger partial charge in [-0.25, -0.2) is 5.43 Å². The Hall–Kier alpha value is -3.14. The average Bonchev–Trinajstić information content (AvgIpc) is 2.60. The van der Waals surface area contributed by atoms with Gasteiger partial charge in [-0.3, -0.25) is 4.79 Å². The first-order valence-electron chi connectivity index (χ1n) is 7.71. The predicted molar refractivity (Wildman–Crippen MR) is 96.4 cm³/mol. The number of hydrogen-bond donors (Lipinski definition) is 1. The van der Waals surface area contributed by atoms with Crippen LogP contribution < -0.4 is 10.2 Å². The lowest BCUT2D eigenvalue weighted by molar-refractivity contribution is -0.123. The molecule has 1 N–H and O–H groups in total. The van der Waals surface area contributed by atoms with Gasteiger partial charge in [0.25, 0.3) is 5.91 Å². The number of benzene rings is 3. The minimum Gasteiger partial charge on any atom is -0.484 e. The van der Waals surface area contributed by atoms with Crippen molar-refractivity contribution in [2.24, 2.45) is 5.10 Å². The van der Waals surface area contributed by atoms with Gasteiger partial charge in [-0.2, -0.15) is 5.10 Å². The number of carbonyl (C=O) groups excluding carboxylic acids is 1. The van der Waals surface area contributed by atoms with Crippen LogP contribution in [0, 0.1) is 6.92 Å². The molecule has 0 fully saturated rings. The zero-order valence-electron chi connectivity index (χ0n) is 13.4. The van der Waals surface area contributed by atoms with Crippen molar-refractivity contribution in [1.82, 2.24) is 5.43 Å². The lowest BCUT2D eigenvalue weighted by Gasteiger charge is -2.05. The summed E-state index contributed by atoms with van der Waals surface area (Å²) in [4.78, 5) is 11.8. The second-order valence-electron chi connectivity index (χ2n) is 5.47. The van der Waals surface area contributed by atoms with E-state index in [1.165, 1.54) is 0 Å². The molecule has 3 rings (SSSR count). The Kier molecular flexibility index (Phi) is 4.87. The monoisotopic (exact) mass is 318 g/mol. The highest BCUT2D eigenvalue weighted by molar-refractivity contribution is 5.99. The Bertz CT molecular complexity index is 882. The molecule has 0 aliphatic heterocycles. The Morgan fingerprint density at radius 1 is 1.08 bits per heavy atom. The van der Waals surface area contributed by atoms with E-state index in [1.807, 2.05) is 73.7 Å². The van der Waals surface area contributed by atoms with Crippen LogP contribution in [0.5, 0.6) is 5.75 Å². The first kappa shape index (κ1) is 15.7. The quantitative estimate of drug-likeness (QED) is 0.576. The molecule has 0 spiro atoms. The van der Waals surface area contributed by atoms with Crippen LogP contribution in [0.15, 0.2) is 71.8 Å². The zero-order valence-corrected chi connectivity index (χ0v) is 13.4. The van der Waals surface area contributed by atoms with Crippen LogP contribution in [0.1, 0.15) is 11.1 Å². The van der Waals surface area contributed by atoms with E-state index in [2.05, 4.69) is 10.5 Å². The first-order valence-corrected chi connectivity index (χ1v) is 7.71. The molecule has 0 aromatic heterocycles. The van der Waals surface area contributed by atoms with E-state index < -0.39 is 0 Å². The highest BCUT2D eigenvalue weighted by Crippen LogP contribution is 2.16. The SMILES string of the molecule is Cc1cccc(OCC(=O)N/N=C\c2cccc3ccccc23)c1. The van der Waals surface area contributed by atoms with Crippen LogP contribution in [0.2, 0.25) is 0 Å². The van der Waals surface area contributed by atoms with Crippen LogP contribution in [0.4, 0.5) is 0 Å². The summed E-state index contributed by atoms with van der Waals surface area (Å²) in [5.41, 5.74) is 4.52. The summed E-state index contributed by atoms with van der Waals surface area (Å²) in [5.74, 6) is 0.371. The average molecular weight is 318 g/mol. The van der Waals surface area contributed by atoms with E-state index in [4.69, 9.17) is 4.74 Å². The molecule has 0 unspecified atom stereocenters. The maximum atomic E-state index is 11.8. The van der Waals surface area contributed by atoms with Gasteiger partial charge in [-0.05, 0) is 35.4 Å². The number of nitrogens with one attached hydrogen (secondary N) is 1. The molecule has 0 bridgehead atoms. The van der Waals surface area contributed by atoms with Crippen LogP contribution in [0.25, 0.3) is 10.8 Å². The van der Waals surface area contributed by atoms with E-state index in [9.17, 15) is 4.79 Å². The first-order chi connectivity index (χ1) is 11.7. The molecule has 120 valence electrons. The largest absolute Gasteiger partial charge is 0.484 e. The van der Waals surface area contributed by atoms with Crippen molar-refractivity contribution in [2.45, 2.75) is 6.92 Å². The highest BCUT2D eigenvalue weighted by atomic mass is 16.5. The van der Waals surface area contributed by atoms with Crippen molar-refractivity contribution < 1.29 is 9.53 Å². The Labute approximate surface area is 140 Å². The van der Waals surface area contributed by atoms with Gasteiger partial charge in [-0.15, -0.1) is 0 Å². The van der Waals surface area contributed by atoms with Gasteiger partial charge < -0.3 is 4.74 Å². The fraction of sp³-hybridized carbons (Fsp3) is 0.100. The number of hydrogen-bond acceptors (Lipinski definition) is 3. The number of ether oxygens (including phenoxy) is 1. The number of aryl methyl sites for hydroxylation is 1. The van der Waals surface area contributed by atoms with Crippen LogP contribution >= 0.6 is 0 Å². The maximum absolute atomic E-state index is 11.8. The van der Waals surface area contributed by atoms with Crippen molar-refractivity contribution in [3.8, 4) is 5.75 Å². The van der Waals surface area contributed by atoms with E-state index in [-0.39, 0.29) is 12.5 Å². The third kappa shape index (κ3) is 3.98. The number of hydrazone groups is 1. The third-order valence-corrected chi connectivity index (χ3v) is 3.58. The van der Waals surface area contributed by atoms with Crippen LogP contribution in [-0.2, 0) is 4.79 Å². The number of amides is 1. The molecule has 4 heteroatoms. The topological polar surface area (TPSA) is 50.7 Å². The molecule has 0 saturated carbocycles. The second kappa shape index (κ2) is 7.42. The molecular weight excluding hydrogens is 300 g/mol. The summed E-state index contributed by atoms with van der Waals surface area (Å²) in [6.45, 7) is 1.90. The summed E-state index contributed by atoms with van der Waals surface area (Å²) in [6, 6.07) is 21.6. The molecular formula is C20H18N2O2. The number of nitrogens with zero attached hydrogens (tertiary/aromatic N) is 1. The standard InChI is InChI=1S/C20H18N2O2/c1-15-6-4-10-18(12-15)24-14-20(23)22-21-13-17-9-5-8-16-7-2-3-11-19(16)17/h2-13H,14H2,1H3,(H,22,23)/b21-13-. The Balaban J connectivity index is 1.58. The van der Waals surface area contributed by atoms with Gasteiger partial charge in [0.1, 0.15) is 5.75 Å². The third-order valence-electron chi connectivity index (χ3n) is 3.58. The fourth-order valence-electron chi connectivity index (χ4n) is 2.42. The van der Waals surface area contributed by atoms with Gasteiger partial charge in [0.05, 0.1) is 6.21 Å². The molecule has 0 saturated heterocycles. The normalized spacial score (nSPS) is 10.9. The van der Waals surface area contributed by atoms with Crippen molar-refractivity contribution in [2.75, 3.05) is 6.61 Å². The van der Waals surface area contributed by atoms with E-state index in [0.29, 0.717) is 5.75 Å². The summed E-state index contributed by atoms with van der Waals surface area (Å²) in [7, 11) is 0. The van der Waals surface area contributed by atoms with Gasteiger partial charge in [0.15, 0.2) is 6.61 Å². The lowest BCUT2D eigenvalue weighted by Crippen LogP contribution is -2.24. The van der Waals surface area contributed by atoms with Crippen LogP contribution in [0.3, 0.4) is 0 Å².